The van der Waals surface area contributed by atoms with Crippen LogP contribution in [0, 0.1) is 6.92 Å². The Morgan fingerprint density at radius 2 is 1.82 bits per heavy atom. The molecule has 0 spiro atoms. The van der Waals surface area contributed by atoms with Crippen molar-refractivity contribution in [3.63, 3.8) is 0 Å². The molecule has 0 amide bonds. The van der Waals surface area contributed by atoms with Crippen LogP contribution in [-0.2, 0) is 0 Å². The van der Waals surface area contributed by atoms with E-state index in [2.05, 4.69) is 34.1 Å². The van der Waals surface area contributed by atoms with Gasteiger partial charge >= 0.3 is 0 Å². The van der Waals surface area contributed by atoms with Gasteiger partial charge in [0.1, 0.15) is 5.01 Å². The summed E-state index contributed by atoms with van der Waals surface area (Å²) in [4.78, 5) is 12.9. The molecule has 1 N–H and O–H groups in total. The maximum Gasteiger partial charge on any atom is 0.109 e. The Bertz CT molecular complexity index is 469. The molecule has 0 aromatic carbocycles. The van der Waals surface area contributed by atoms with Crippen molar-refractivity contribution in [3.8, 4) is 0 Å². The van der Waals surface area contributed by atoms with Crippen LogP contribution < -0.4 is 5.32 Å². The molecular weight excluding hydrogens is 232 g/mol. The highest BCUT2D eigenvalue weighted by atomic mass is 32.1. The fraction of sp³-hybridized carbons (Fsp3) is 0.417. The van der Waals surface area contributed by atoms with Gasteiger partial charge in [-0.25, -0.2) is 4.98 Å². The van der Waals surface area contributed by atoms with E-state index < -0.39 is 0 Å². The molecule has 0 aliphatic rings. The van der Waals surface area contributed by atoms with Crippen LogP contribution in [0.5, 0.6) is 0 Å². The smallest absolute Gasteiger partial charge is 0.109 e. The average Bonchev–Trinajstić information content (AvgIpc) is 2.82. The molecule has 0 aliphatic carbocycles. The van der Waals surface area contributed by atoms with Crippen LogP contribution in [0.2, 0.25) is 0 Å². The number of nitrogens with zero attached hydrogens (tertiary/aromatic N) is 3. The summed E-state index contributed by atoms with van der Waals surface area (Å²) in [7, 11) is 0. The molecule has 0 fully saturated rings. The van der Waals surface area contributed by atoms with E-state index in [1.807, 2.05) is 18.5 Å². The van der Waals surface area contributed by atoms with Crippen molar-refractivity contribution in [3.05, 3.63) is 40.4 Å². The second-order valence-electron chi connectivity index (χ2n) is 4.01. The molecule has 17 heavy (non-hydrogen) atoms. The predicted octanol–water partition coefficient (Wildman–Crippen LogP) is 2.65. The summed E-state index contributed by atoms with van der Waals surface area (Å²) in [6.07, 6.45) is 5.28. The van der Waals surface area contributed by atoms with E-state index >= 15 is 0 Å². The third-order valence-corrected chi connectivity index (χ3v) is 3.61. The van der Waals surface area contributed by atoms with Gasteiger partial charge in [0.2, 0.25) is 0 Å². The lowest BCUT2D eigenvalue weighted by atomic mass is 10.1. The highest BCUT2D eigenvalue weighted by molar-refractivity contribution is 7.09. The molecule has 2 aromatic heterocycles. The minimum atomic E-state index is 0.169. The Morgan fingerprint density at radius 3 is 2.47 bits per heavy atom. The van der Waals surface area contributed by atoms with E-state index in [1.165, 1.54) is 0 Å². The van der Waals surface area contributed by atoms with E-state index in [9.17, 15) is 0 Å². The Kier molecular flexibility index (Phi) is 3.81. The lowest BCUT2D eigenvalue weighted by Gasteiger charge is -2.18. The molecule has 0 saturated carbocycles. The highest BCUT2D eigenvalue weighted by Gasteiger charge is 2.15. The molecule has 2 unspecified atom stereocenters. The molecule has 2 heterocycles. The minimum Gasteiger partial charge on any atom is -0.300 e. The number of aryl methyl sites for hydroxylation is 1. The lowest BCUT2D eigenvalue weighted by Crippen LogP contribution is -2.24. The Labute approximate surface area is 105 Å². The second-order valence-corrected chi connectivity index (χ2v) is 4.93. The first kappa shape index (κ1) is 12.1. The van der Waals surface area contributed by atoms with E-state index in [0.717, 1.165) is 16.4 Å². The van der Waals surface area contributed by atoms with Crippen molar-refractivity contribution in [1.29, 1.82) is 0 Å². The maximum absolute atomic E-state index is 4.37. The van der Waals surface area contributed by atoms with Crippen molar-refractivity contribution in [2.45, 2.75) is 32.9 Å². The summed E-state index contributed by atoms with van der Waals surface area (Å²) in [5, 5.41) is 6.57. The van der Waals surface area contributed by atoms with E-state index in [1.54, 1.807) is 23.7 Å². The Hall–Kier alpha value is -1.33. The van der Waals surface area contributed by atoms with Gasteiger partial charge in [0.25, 0.3) is 0 Å². The Balaban J connectivity index is 2.07. The summed E-state index contributed by atoms with van der Waals surface area (Å²) >= 11 is 1.66. The summed E-state index contributed by atoms with van der Waals surface area (Å²) in [6, 6.07) is 0.397. The molecule has 5 heteroatoms. The van der Waals surface area contributed by atoms with Crippen molar-refractivity contribution in [2.75, 3.05) is 0 Å². The zero-order valence-electron chi connectivity index (χ0n) is 10.2. The van der Waals surface area contributed by atoms with Gasteiger partial charge in [0.15, 0.2) is 0 Å². The van der Waals surface area contributed by atoms with Gasteiger partial charge in [-0.2, -0.15) is 0 Å². The van der Waals surface area contributed by atoms with E-state index in [-0.39, 0.29) is 12.1 Å². The van der Waals surface area contributed by atoms with Crippen molar-refractivity contribution >= 4 is 11.3 Å². The molecule has 0 saturated heterocycles. The Morgan fingerprint density at radius 1 is 1.06 bits per heavy atom. The molecule has 2 rings (SSSR count). The zero-order chi connectivity index (χ0) is 12.3. The van der Waals surface area contributed by atoms with Gasteiger partial charge in [-0.3, -0.25) is 15.3 Å². The highest BCUT2D eigenvalue weighted by Crippen LogP contribution is 2.20. The van der Waals surface area contributed by atoms with Crippen molar-refractivity contribution in [1.82, 2.24) is 20.3 Å². The number of aromatic nitrogens is 3. The first-order chi connectivity index (χ1) is 8.18. The SMILES string of the molecule is Cc1nccnc1C(C)NC(C)c1nccs1. The lowest BCUT2D eigenvalue weighted by molar-refractivity contribution is 0.481. The van der Waals surface area contributed by atoms with Gasteiger partial charge in [-0.05, 0) is 20.8 Å². The van der Waals surface area contributed by atoms with Gasteiger partial charge in [-0.1, -0.05) is 0 Å². The van der Waals surface area contributed by atoms with Crippen LogP contribution in [0.1, 0.15) is 42.3 Å². The van der Waals surface area contributed by atoms with Crippen LogP contribution in [0.15, 0.2) is 24.0 Å². The summed E-state index contributed by atoms with van der Waals surface area (Å²) in [5.74, 6) is 0. The number of hydrogen-bond donors (Lipinski definition) is 1. The topological polar surface area (TPSA) is 50.7 Å². The molecule has 2 aromatic rings. The summed E-state index contributed by atoms with van der Waals surface area (Å²) in [6.45, 7) is 6.19. The van der Waals surface area contributed by atoms with Crippen LogP contribution in [0.4, 0.5) is 0 Å². The van der Waals surface area contributed by atoms with Crippen molar-refractivity contribution < 1.29 is 0 Å². The van der Waals surface area contributed by atoms with Crippen molar-refractivity contribution in [2.24, 2.45) is 0 Å². The first-order valence-corrected chi connectivity index (χ1v) is 6.49. The normalized spacial score (nSPS) is 14.5. The molecule has 0 aliphatic heterocycles. The average molecular weight is 248 g/mol. The molecule has 4 nitrogen and oxygen atoms in total. The van der Waals surface area contributed by atoms with Gasteiger partial charge < -0.3 is 0 Å². The van der Waals surface area contributed by atoms with Gasteiger partial charge in [0, 0.05) is 30.0 Å². The molecule has 2 atom stereocenters. The summed E-state index contributed by atoms with van der Waals surface area (Å²) < 4.78 is 0. The molecular formula is C12H16N4S. The number of hydrogen-bond acceptors (Lipinski definition) is 5. The summed E-state index contributed by atoms with van der Waals surface area (Å²) in [5.41, 5.74) is 1.97. The molecule has 0 radical (unpaired) electrons. The van der Waals surface area contributed by atoms with Gasteiger partial charge in [0.05, 0.1) is 17.4 Å². The third-order valence-electron chi connectivity index (χ3n) is 2.65. The third kappa shape index (κ3) is 2.87. The van der Waals surface area contributed by atoms with E-state index in [0.29, 0.717) is 0 Å². The van der Waals surface area contributed by atoms with E-state index in [4.69, 9.17) is 0 Å². The number of rotatable bonds is 4. The fourth-order valence-electron chi connectivity index (χ4n) is 1.82. The first-order valence-electron chi connectivity index (χ1n) is 5.61. The van der Waals surface area contributed by atoms with Crippen LogP contribution in [-0.4, -0.2) is 15.0 Å². The number of nitrogens with one attached hydrogen (secondary N) is 1. The van der Waals surface area contributed by atoms with Crippen LogP contribution in [0.3, 0.4) is 0 Å². The molecule has 90 valence electrons. The maximum atomic E-state index is 4.37. The minimum absolute atomic E-state index is 0.169. The largest absolute Gasteiger partial charge is 0.300 e. The zero-order valence-corrected chi connectivity index (χ0v) is 11.0. The molecule has 0 bridgehead atoms. The van der Waals surface area contributed by atoms with Gasteiger partial charge in [-0.15, -0.1) is 11.3 Å². The van der Waals surface area contributed by atoms with Crippen LogP contribution in [0.25, 0.3) is 0 Å². The fourth-order valence-corrected chi connectivity index (χ4v) is 2.47. The predicted molar refractivity (Wildman–Crippen MR) is 68.8 cm³/mol. The standard InChI is InChI=1S/C12H16N4S/c1-8-11(14-5-4-13-8)9(2)16-10(3)12-15-6-7-17-12/h4-7,9-10,16H,1-3H3. The number of thiazole rings is 1. The second kappa shape index (κ2) is 5.33. The quantitative estimate of drug-likeness (QED) is 0.903. The van der Waals surface area contributed by atoms with Crippen LogP contribution >= 0.6 is 11.3 Å². The monoisotopic (exact) mass is 248 g/mol.